The topological polar surface area (TPSA) is 66.9 Å². The van der Waals surface area contributed by atoms with Gasteiger partial charge in [0.05, 0.1) is 24.5 Å². The van der Waals surface area contributed by atoms with Crippen molar-refractivity contribution in [1.29, 1.82) is 0 Å². The molecule has 0 radical (unpaired) electrons. The molecule has 0 aliphatic carbocycles. The van der Waals surface area contributed by atoms with E-state index in [9.17, 15) is 13.2 Å². The molecule has 1 aromatic rings. The standard InChI is InChI=1S/C17H24N2O4S/c1-23-16-4-2-14(3-5-16)12-18-7-9-19(10-8-18)17(20)15-6-11-24(21,22)13-15/h2-5,15H,6-13H2,1H3/t15-/m0/s1. The number of sulfone groups is 1. The lowest BCUT2D eigenvalue weighted by atomic mass is 10.1. The van der Waals surface area contributed by atoms with Crippen LogP contribution in [0.1, 0.15) is 12.0 Å². The SMILES string of the molecule is COc1ccc(CN2CCN(C(=O)[C@H]3CCS(=O)(=O)C3)CC2)cc1. The van der Waals surface area contributed by atoms with E-state index in [0.717, 1.165) is 25.4 Å². The summed E-state index contributed by atoms with van der Waals surface area (Å²) in [4.78, 5) is 16.6. The Balaban J connectivity index is 1.49. The lowest BCUT2D eigenvalue weighted by Gasteiger charge is -2.35. The van der Waals surface area contributed by atoms with E-state index in [-0.39, 0.29) is 23.3 Å². The van der Waals surface area contributed by atoms with Crippen LogP contribution >= 0.6 is 0 Å². The van der Waals surface area contributed by atoms with Gasteiger partial charge in [0.25, 0.3) is 0 Å². The smallest absolute Gasteiger partial charge is 0.226 e. The summed E-state index contributed by atoms with van der Waals surface area (Å²) in [6.07, 6.45) is 0.479. The maximum Gasteiger partial charge on any atom is 0.226 e. The van der Waals surface area contributed by atoms with Crippen LogP contribution in [0.15, 0.2) is 24.3 Å². The first kappa shape index (κ1) is 17.2. The van der Waals surface area contributed by atoms with Crippen LogP contribution in [-0.4, -0.2) is 68.9 Å². The second kappa shape index (κ2) is 7.11. The fourth-order valence-electron chi connectivity index (χ4n) is 3.36. The molecule has 24 heavy (non-hydrogen) atoms. The summed E-state index contributed by atoms with van der Waals surface area (Å²) in [6.45, 7) is 3.83. The second-order valence-corrected chi connectivity index (χ2v) is 8.78. The van der Waals surface area contributed by atoms with Gasteiger partial charge in [-0.3, -0.25) is 9.69 Å². The van der Waals surface area contributed by atoms with E-state index in [1.54, 1.807) is 7.11 Å². The zero-order chi connectivity index (χ0) is 17.2. The summed E-state index contributed by atoms with van der Waals surface area (Å²) < 4.78 is 28.2. The van der Waals surface area contributed by atoms with Crippen LogP contribution in [0.5, 0.6) is 5.75 Å². The van der Waals surface area contributed by atoms with Crippen molar-refractivity contribution in [3.05, 3.63) is 29.8 Å². The number of amides is 1. The summed E-state index contributed by atoms with van der Waals surface area (Å²) >= 11 is 0. The molecule has 0 saturated carbocycles. The molecular formula is C17H24N2O4S. The van der Waals surface area contributed by atoms with E-state index in [1.807, 2.05) is 17.0 Å². The van der Waals surface area contributed by atoms with Gasteiger partial charge in [-0.1, -0.05) is 12.1 Å². The van der Waals surface area contributed by atoms with Crippen LogP contribution in [0.25, 0.3) is 0 Å². The van der Waals surface area contributed by atoms with Gasteiger partial charge in [-0.05, 0) is 24.1 Å². The van der Waals surface area contributed by atoms with Gasteiger partial charge in [-0.15, -0.1) is 0 Å². The molecule has 1 atom stereocenters. The Bertz CT molecular complexity index is 679. The quantitative estimate of drug-likeness (QED) is 0.801. The highest BCUT2D eigenvalue weighted by atomic mass is 32.2. The van der Waals surface area contributed by atoms with Crippen LogP contribution in [0.4, 0.5) is 0 Å². The number of rotatable bonds is 4. The molecule has 0 aromatic heterocycles. The molecule has 2 fully saturated rings. The minimum Gasteiger partial charge on any atom is -0.497 e. The summed E-state index contributed by atoms with van der Waals surface area (Å²) in [5.41, 5.74) is 1.22. The molecule has 7 heteroatoms. The van der Waals surface area contributed by atoms with Gasteiger partial charge < -0.3 is 9.64 Å². The van der Waals surface area contributed by atoms with Crippen molar-refractivity contribution in [3.63, 3.8) is 0 Å². The molecule has 0 bridgehead atoms. The summed E-state index contributed by atoms with van der Waals surface area (Å²) in [5.74, 6) is 0.711. The van der Waals surface area contributed by atoms with Crippen LogP contribution in [0.3, 0.4) is 0 Å². The molecule has 1 amide bonds. The number of nitrogens with zero attached hydrogens (tertiary/aromatic N) is 2. The summed E-state index contributed by atoms with van der Waals surface area (Å²) in [6, 6.07) is 8.02. The van der Waals surface area contributed by atoms with Crippen molar-refractivity contribution in [2.45, 2.75) is 13.0 Å². The molecule has 1 aromatic carbocycles. The van der Waals surface area contributed by atoms with Gasteiger partial charge in [0.2, 0.25) is 5.91 Å². The average molecular weight is 352 g/mol. The highest BCUT2D eigenvalue weighted by Gasteiger charge is 2.36. The normalized spacial score (nSPS) is 24.0. The van der Waals surface area contributed by atoms with Crippen LogP contribution in [0.2, 0.25) is 0 Å². The molecule has 132 valence electrons. The number of ether oxygens (including phenoxy) is 1. The Morgan fingerprint density at radius 3 is 2.38 bits per heavy atom. The van der Waals surface area contributed by atoms with Crippen LogP contribution in [-0.2, 0) is 21.2 Å². The molecule has 0 spiro atoms. The zero-order valence-corrected chi connectivity index (χ0v) is 14.8. The van der Waals surface area contributed by atoms with E-state index in [0.29, 0.717) is 19.5 Å². The Hall–Kier alpha value is -1.60. The van der Waals surface area contributed by atoms with Crippen molar-refractivity contribution >= 4 is 15.7 Å². The minimum atomic E-state index is -3.00. The number of methoxy groups -OCH3 is 1. The Morgan fingerprint density at radius 1 is 1.17 bits per heavy atom. The lowest BCUT2D eigenvalue weighted by molar-refractivity contribution is -0.136. The molecule has 2 aliphatic rings. The third-order valence-electron chi connectivity index (χ3n) is 4.83. The number of benzene rings is 1. The molecular weight excluding hydrogens is 328 g/mol. The minimum absolute atomic E-state index is 0.0140. The van der Waals surface area contributed by atoms with Crippen molar-refractivity contribution < 1.29 is 17.9 Å². The zero-order valence-electron chi connectivity index (χ0n) is 14.0. The molecule has 0 unspecified atom stereocenters. The Labute approximate surface area is 143 Å². The first-order valence-corrected chi connectivity index (χ1v) is 10.1. The second-order valence-electron chi connectivity index (χ2n) is 6.55. The molecule has 2 saturated heterocycles. The molecule has 2 aliphatic heterocycles. The molecule has 0 N–H and O–H groups in total. The van der Waals surface area contributed by atoms with Crippen molar-refractivity contribution in [2.24, 2.45) is 5.92 Å². The number of carbonyl (C=O) groups is 1. The number of carbonyl (C=O) groups excluding carboxylic acids is 1. The van der Waals surface area contributed by atoms with Gasteiger partial charge >= 0.3 is 0 Å². The molecule has 3 rings (SSSR count). The monoisotopic (exact) mass is 352 g/mol. The van der Waals surface area contributed by atoms with Crippen molar-refractivity contribution in [3.8, 4) is 5.75 Å². The fraction of sp³-hybridized carbons (Fsp3) is 0.588. The maximum atomic E-state index is 12.5. The van der Waals surface area contributed by atoms with E-state index < -0.39 is 9.84 Å². The first-order valence-electron chi connectivity index (χ1n) is 8.31. The largest absolute Gasteiger partial charge is 0.497 e. The molecule has 2 heterocycles. The lowest BCUT2D eigenvalue weighted by Crippen LogP contribution is -2.50. The van der Waals surface area contributed by atoms with E-state index in [2.05, 4.69) is 17.0 Å². The number of piperazine rings is 1. The fourth-order valence-corrected chi connectivity index (χ4v) is 5.10. The maximum absolute atomic E-state index is 12.5. The Kier molecular flexibility index (Phi) is 5.10. The average Bonchev–Trinajstić information content (AvgIpc) is 2.95. The summed E-state index contributed by atoms with van der Waals surface area (Å²) in [7, 11) is -1.35. The highest BCUT2D eigenvalue weighted by molar-refractivity contribution is 7.91. The van der Waals surface area contributed by atoms with E-state index >= 15 is 0 Å². The third kappa shape index (κ3) is 4.08. The number of hydrogen-bond acceptors (Lipinski definition) is 5. The van der Waals surface area contributed by atoms with Crippen molar-refractivity contribution in [2.75, 3.05) is 44.8 Å². The summed E-state index contributed by atoms with van der Waals surface area (Å²) in [5, 5.41) is 0. The van der Waals surface area contributed by atoms with Crippen LogP contribution < -0.4 is 4.74 Å². The van der Waals surface area contributed by atoms with Crippen LogP contribution in [0, 0.1) is 5.92 Å². The molecule has 6 nitrogen and oxygen atoms in total. The van der Waals surface area contributed by atoms with Gasteiger partial charge in [-0.25, -0.2) is 8.42 Å². The first-order chi connectivity index (χ1) is 11.5. The Morgan fingerprint density at radius 2 is 1.83 bits per heavy atom. The predicted molar refractivity (Wildman–Crippen MR) is 91.6 cm³/mol. The van der Waals surface area contributed by atoms with E-state index in [1.165, 1.54) is 5.56 Å². The van der Waals surface area contributed by atoms with Gasteiger partial charge in [0, 0.05) is 32.7 Å². The highest BCUT2D eigenvalue weighted by Crippen LogP contribution is 2.22. The van der Waals surface area contributed by atoms with Gasteiger partial charge in [0.15, 0.2) is 9.84 Å². The van der Waals surface area contributed by atoms with Gasteiger partial charge in [-0.2, -0.15) is 0 Å². The van der Waals surface area contributed by atoms with E-state index in [4.69, 9.17) is 4.74 Å². The third-order valence-corrected chi connectivity index (χ3v) is 6.60. The number of hydrogen-bond donors (Lipinski definition) is 0. The van der Waals surface area contributed by atoms with Gasteiger partial charge in [0.1, 0.15) is 5.75 Å². The van der Waals surface area contributed by atoms with Crippen molar-refractivity contribution in [1.82, 2.24) is 9.80 Å². The predicted octanol–water partition coefficient (Wildman–Crippen LogP) is 0.774.